The number of fused-ring (bicyclic) bond motifs is 1. The molecule has 0 aromatic carbocycles. The van der Waals surface area contributed by atoms with Gasteiger partial charge in [0.05, 0.1) is 12.9 Å². The van der Waals surface area contributed by atoms with Crippen LogP contribution in [0.2, 0.25) is 0 Å². The summed E-state index contributed by atoms with van der Waals surface area (Å²) in [5.74, 6) is -0.578. The lowest BCUT2D eigenvalue weighted by atomic mass is 10.4. The van der Waals surface area contributed by atoms with Crippen molar-refractivity contribution in [2.45, 2.75) is 19.3 Å². The van der Waals surface area contributed by atoms with Crippen molar-refractivity contribution >= 4 is 17.1 Å². The number of halogens is 3. The van der Waals surface area contributed by atoms with Crippen LogP contribution in [0.3, 0.4) is 0 Å². The lowest BCUT2D eigenvalue weighted by molar-refractivity contribution is -0.142. The van der Waals surface area contributed by atoms with Gasteiger partial charge in [-0.25, -0.2) is 14.5 Å². The number of aryl methyl sites for hydroxylation is 1. The number of rotatable bonds is 5. The lowest BCUT2D eigenvalue weighted by Gasteiger charge is -2.10. The van der Waals surface area contributed by atoms with E-state index in [4.69, 9.17) is 0 Å². The first-order chi connectivity index (χ1) is 14.0. The van der Waals surface area contributed by atoms with Crippen LogP contribution >= 0.6 is 0 Å². The predicted molar refractivity (Wildman–Crippen MR) is 96.7 cm³/mol. The van der Waals surface area contributed by atoms with Crippen molar-refractivity contribution in [3.63, 3.8) is 0 Å². The first-order valence-corrected chi connectivity index (χ1v) is 8.53. The van der Waals surface area contributed by atoms with E-state index >= 15 is 0 Å². The van der Waals surface area contributed by atoms with Crippen molar-refractivity contribution in [1.29, 1.82) is 0 Å². The normalized spacial score (nSPS) is 11.8. The third kappa shape index (κ3) is 3.88. The minimum atomic E-state index is -4.70. The molecule has 0 unspecified atom stereocenters. The highest BCUT2D eigenvalue weighted by Gasteiger charge is 2.33. The molecule has 0 saturated heterocycles. The average Bonchev–Trinajstić information content (AvgIpc) is 3.08. The van der Waals surface area contributed by atoms with Crippen LogP contribution < -0.4 is 22.1 Å². The zero-order valence-corrected chi connectivity index (χ0v) is 15.8. The third-order valence-electron chi connectivity index (χ3n) is 4.33. The fourth-order valence-electron chi connectivity index (χ4n) is 2.79. The number of carbonyl (C=O) groups is 1. The zero-order chi connectivity index (χ0) is 22.2. The smallest absolute Gasteiger partial charge is 0.353 e. The highest BCUT2D eigenvalue weighted by atomic mass is 19.4. The van der Waals surface area contributed by atoms with Crippen LogP contribution in [-0.4, -0.2) is 40.9 Å². The van der Waals surface area contributed by atoms with Gasteiger partial charge in [-0.15, -0.1) is 0 Å². The van der Waals surface area contributed by atoms with Crippen LogP contribution in [0.4, 0.5) is 13.2 Å². The number of nitrogens with zero attached hydrogens (tertiary/aromatic N) is 6. The van der Waals surface area contributed by atoms with Gasteiger partial charge in [0.2, 0.25) is 5.91 Å². The number of nitrogens with one attached hydrogen (secondary N) is 1. The molecule has 0 aliphatic heterocycles. The highest BCUT2D eigenvalue weighted by Crippen LogP contribution is 2.26. The molecule has 3 heterocycles. The van der Waals surface area contributed by atoms with Gasteiger partial charge in [-0.05, 0) is 6.07 Å². The molecule has 160 valence electrons. The Kier molecular flexibility index (Phi) is 5.33. The first kappa shape index (κ1) is 21.0. The Morgan fingerprint density at radius 1 is 1.13 bits per heavy atom. The van der Waals surface area contributed by atoms with Gasteiger partial charge in [0.1, 0.15) is 6.54 Å². The van der Waals surface area contributed by atoms with E-state index in [1.54, 1.807) is 0 Å². The molecule has 0 saturated carbocycles. The van der Waals surface area contributed by atoms with E-state index in [0.717, 1.165) is 15.2 Å². The number of amides is 1. The summed E-state index contributed by atoms with van der Waals surface area (Å²) in [6.45, 7) is -0.777. The highest BCUT2D eigenvalue weighted by molar-refractivity contribution is 5.78. The van der Waals surface area contributed by atoms with Crippen LogP contribution in [0.1, 0.15) is 5.69 Å². The third-order valence-corrected chi connectivity index (χ3v) is 4.33. The molecule has 0 radical (unpaired) electrons. The number of aromatic nitrogens is 6. The Morgan fingerprint density at radius 3 is 2.50 bits per heavy atom. The molecular weight excluding hydrogens is 411 g/mol. The van der Waals surface area contributed by atoms with Gasteiger partial charge in [0, 0.05) is 26.7 Å². The molecule has 0 bridgehead atoms. The van der Waals surface area contributed by atoms with Gasteiger partial charge >= 0.3 is 11.9 Å². The fourth-order valence-corrected chi connectivity index (χ4v) is 2.79. The molecule has 0 fully saturated rings. The molecule has 3 rings (SSSR count). The summed E-state index contributed by atoms with van der Waals surface area (Å²) in [6.07, 6.45) is -3.47. The van der Waals surface area contributed by atoms with Crippen LogP contribution in [0.15, 0.2) is 32.8 Å². The molecule has 1 N–H and O–H groups in total. The van der Waals surface area contributed by atoms with Crippen molar-refractivity contribution in [1.82, 2.24) is 33.8 Å². The van der Waals surface area contributed by atoms with E-state index < -0.39 is 34.6 Å². The summed E-state index contributed by atoms with van der Waals surface area (Å²) in [5, 5.41) is 5.67. The Hall–Kier alpha value is -3.71. The molecule has 14 heteroatoms. The molecule has 0 aliphatic carbocycles. The zero-order valence-electron chi connectivity index (χ0n) is 15.8. The number of carbonyl (C=O) groups excluding carboxylic acids is 1. The van der Waals surface area contributed by atoms with E-state index in [-0.39, 0.29) is 30.8 Å². The fraction of sp³-hybridized carbons (Fsp3) is 0.375. The van der Waals surface area contributed by atoms with E-state index in [1.165, 1.54) is 25.0 Å². The molecule has 0 aliphatic rings. The molecule has 0 spiro atoms. The molecule has 0 atom stereocenters. The number of imidazole rings is 1. The van der Waals surface area contributed by atoms with E-state index in [0.29, 0.717) is 10.7 Å². The SMILES string of the molecule is Cn1c(=O)c2c(ncn2CC(=O)NCCn2nc(C(F)(F)F)ccc2=O)n(C)c1=O. The quantitative estimate of drug-likeness (QED) is 0.547. The average molecular weight is 427 g/mol. The van der Waals surface area contributed by atoms with Crippen molar-refractivity contribution in [2.75, 3.05) is 6.54 Å². The van der Waals surface area contributed by atoms with Gasteiger partial charge in [-0.1, -0.05) is 0 Å². The summed E-state index contributed by atoms with van der Waals surface area (Å²) in [5.41, 5.74) is -3.01. The Morgan fingerprint density at radius 2 is 1.83 bits per heavy atom. The Labute approximate surface area is 165 Å². The maximum absolute atomic E-state index is 12.7. The largest absolute Gasteiger partial charge is 0.435 e. The maximum Gasteiger partial charge on any atom is 0.435 e. The van der Waals surface area contributed by atoms with Crippen LogP contribution in [0.5, 0.6) is 0 Å². The number of hydrogen-bond donors (Lipinski definition) is 1. The van der Waals surface area contributed by atoms with Gasteiger partial charge in [-0.3, -0.25) is 23.5 Å². The topological polar surface area (TPSA) is 126 Å². The Bertz CT molecular complexity index is 1300. The molecule has 11 nitrogen and oxygen atoms in total. The van der Waals surface area contributed by atoms with Gasteiger partial charge < -0.3 is 9.88 Å². The van der Waals surface area contributed by atoms with Gasteiger partial charge in [0.15, 0.2) is 16.9 Å². The van der Waals surface area contributed by atoms with E-state index in [9.17, 15) is 32.3 Å². The predicted octanol–water partition coefficient (Wildman–Crippen LogP) is -1.17. The van der Waals surface area contributed by atoms with Crippen molar-refractivity contribution in [3.8, 4) is 0 Å². The molecule has 3 aromatic rings. The Balaban J connectivity index is 1.72. The molecular formula is C16H16F3N7O4. The lowest BCUT2D eigenvalue weighted by Crippen LogP contribution is -2.38. The second-order valence-corrected chi connectivity index (χ2v) is 6.38. The second kappa shape index (κ2) is 7.61. The van der Waals surface area contributed by atoms with Crippen LogP contribution in [-0.2, 0) is 38.2 Å². The van der Waals surface area contributed by atoms with Crippen molar-refractivity contribution in [3.05, 3.63) is 55.3 Å². The van der Waals surface area contributed by atoms with Crippen molar-refractivity contribution < 1.29 is 18.0 Å². The molecule has 3 aromatic heterocycles. The molecule has 30 heavy (non-hydrogen) atoms. The monoisotopic (exact) mass is 427 g/mol. The van der Waals surface area contributed by atoms with Gasteiger partial charge in [0.25, 0.3) is 11.1 Å². The van der Waals surface area contributed by atoms with Crippen LogP contribution in [0, 0.1) is 0 Å². The second-order valence-electron chi connectivity index (χ2n) is 6.38. The minimum absolute atomic E-state index is 0.0468. The van der Waals surface area contributed by atoms with E-state index in [1.807, 2.05) is 0 Å². The number of hydrogen-bond acceptors (Lipinski definition) is 6. The van der Waals surface area contributed by atoms with Crippen molar-refractivity contribution in [2.24, 2.45) is 14.1 Å². The maximum atomic E-state index is 12.7. The minimum Gasteiger partial charge on any atom is -0.353 e. The summed E-state index contributed by atoms with van der Waals surface area (Å²) in [4.78, 5) is 52.1. The summed E-state index contributed by atoms with van der Waals surface area (Å²) in [7, 11) is 2.72. The van der Waals surface area contributed by atoms with E-state index in [2.05, 4.69) is 15.4 Å². The standard InChI is InChI=1S/C16H16F3N7O4/c1-23-13-12(14(29)24(2)15(23)30)25(8-21-13)7-10(27)20-5-6-26-11(28)4-3-9(22-26)16(17,18)19/h3-4,8H,5-7H2,1-2H3,(H,20,27). The first-order valence-electron chi connectivity index (χ1n) is 8.53. The molecule has 1 amide bonds. The summed E-state index contributed by atoms with van der Waals surface area (Å²) >= 11 is 0. The number of alkyl halides is 3. The van der Waals surface area contributed by atoms with Gasteiger partial charge in [-0.2, -0.15) is 18.3 Å². The summed E-state index contributed by atoms with van der Waals surface area (Å²) < 4.78 is 42.0. The van der Waals surface area contributed by atoms with Crippen LogP contribution in [0.25, 0.3) is 11.2 Å². The summed E-state index contributed by atoms with van der Waals surface area (Å²) in [6, 6.07) is 1.32.